The van der Waals surface area contributed by atoms with Gasteiger partial charge in [0.2, 0.25) is 0 Å². The van der Waals surface area contributed by atoms with Crippen LogP contribution in [0.25, 0.3) is 5.69 Å². The Labute approximate surface area is 193 Å². The van der Waals surface area contributed by atoms with E-state index in [4.69, 9.17) is 14.2 Å². The van der Waals surface area contributed by atoms with Crippen LogP contribution >= 0.6 is 0 Å². The lowest BCUT2D eigenvalue weighted by Gasteiger charge is -2.26. The van der Waals surface area contributed by atoms with Crippen molar-refractivity contribution in [1.29, 1.82) is 0 Å². The van der Waals surface area contributed by atoms with Gasteiger partial charge in [0.05, 0.1) is 25.9 Å². The lowest BCUT2D eigenvalue weighted by molar-refractivity contribution is -0.158. The van der Waals surface area contributed by atoms with E-state index in [9.17, 15) is 9.59 Å². The van der Waals surface area contributed by atoms with E-state index in [1.54, 1.807) is 63.6 Å². The van der Waals surface area contributed by atoms with E-state index in [2.05, 4.69) is 5.10 Å². The highest BCUT2D eigenvalue weighted by Crippen LogP contribution is 2.29. The summed E-state index contributed by atoms with van der Waals surface area (Å²) >= 11 is 0. The molecule has 0 spiro atoms. The molecule has 8 nitrogen and oxygen atoms in total. The van der Waals surface area contributed by atoms with Crippen LogP contribution in [-0.4, -0.2) is 39.6 Å². The zero-order valence-electron chi connectivity index (χ0n) is 20.3. The fourth-order valence-corrected chi connectivity index (χ4v) is 3.64. The van der Waals surface area contributed by atoms with Gasteiger partial charge in [-0.3, -0.25) is 4.57 Å². The van der Waals surface area contributed by atoms with Crippen LogP contribution < -0.4 is 15.2 Å². The van der Waals surface area contributed by atoms with Crippen LogP contribution in [0, 0.1) is 20.8 Å². The Kier molecular flexibility index (Phi) is 6.95. The molecular formula is C25H31N3O5. The molecule has 0 saturated heterocycles. The zero-order chi connectivity index (χ0) is 24.3. The van der Waals surface area contributed by atoms with Crippen molar-refractivity contribution >= 4 is 5.97 Å². The van der Waals surface area contributed by atoms with Gasteiger partial charge in [-0.25, -0.2) is 9.59 Å². The summed E-state index contributed by atoms with van der Waals surface area (Å²) in [6, 6.07) is 11.1. The number of rotatable bonds is 8. The normalized spacial score (nSPS) is 11.4. The molecule has 33 heavy (non-hydrogen) atoms. The fourth-order valence-electron chi connectivity index (χ4n) is 3.64. The first-order valence-electron chi connectivity index (χ1n) is 10.8. The summed E-state index contributed by atoms with van der Waals surface area (Å²) in [7, 11) is 1.60. The van der Waals surface area contributed by atoms with Gasteiger partial charge in [-0.15, -0.1) is 0 Å². The van der Waals surface area contributed by atoms with E-state index >= 15 is 0 Å². The molecule has 0 bridgehead atoms. The molecule has 176 valence electrons. The van der Waals surface area contributed by atoms with E-state index in [-0.39, 0.29) is 5.69 Å². The molecule has 2 aromatic carbocycles. The number of carbonyl (C=O) groups excluding carboxylic acids is 1. The van der Waals surface area contributed by atoms with Gasteiger partial charge < -0.3 is 14.2 Å². The maximum absolute atomic E-state index is 13.1. The minimum absolute atomic E-state index is 0.225. The number of ether oxygens (including phenoxy) is 3. The van der Waals surface area contributed by atoms with Crippen LogP contribution in [0.2, 0.25) is 0 Å². The third-order valence-corrected chi connectivity index (χ3v) is 5.35. The van der Waals surface area contributed by atoms with Gasteiger partial charge in [-0.2, -0.15) is 9.78 Å². The molecule has 0 unspecified atom stereocenters. The average Bonchev–Trinajstić information content (AvgIpc) is 3.05. The van der Waals surface area contributed by atoms with Crippen LogP contribution in [0.4, 0.5) is 0 Å². The summed E-state index contributed by atoms with van der Waals surface area (Å²) in [5.74, 6) is 1.54. The molecule has 0 amide bonds. The van der Waals surface area contributed by atoms with Crippen molar-refractivity contribution in [2.75, 3.05) is 13.7 Å². The lowest BCUT2D eigenvalue weighted by atomic mass is 10.0. The fraction of sp³-hybridized carbons (Fsp3) is 0.400. The predicted molar refractivity (Wildman–Crippen MR) is 125 cm³/mol. The van der Waals surface area contributed by atoms with Gasteiger partial charge in [0.15, 0.2) is 5.60 Å². The van der Waals surface area contributed by atoms with E-state index < -0.39 is 11.6 Å². The number of benzene rings is 2. The minimum atomic E-state index is -1.11. The van der Waals surface area contributed by atoms with Crippen molar-refractivity contribution in [3.8, 4) is 17.2 Å². The highest BCUT2D eigenvalue weighted by molar-refractivity contribution is 5.79. The van der Waals surface area contributed by atoms with Gasteiger partial charge in [0.1, 0.15) is 17.3 Å². The number of carbonyl (C=O) groups is 1. The Hall–Kier alpha value is -3.55. The summed E-state index contributed by atoms with van der Waals surface area (Å²) < 4.78 is 19.4. The van der Waals surface area contributed by atoms with Gasteiger partial charge in [-0.05, 0) is 82.5 Å². The minimum Gasteiger partial charge on any atom is -0.497 e. The molecule has 1 aromatic heterocycles. The Balaban J connectivity index is 1.88. The number of methoxy groups -OCH3 is 1. The third kappa shape index (κ3) is 5.10. The summed E-state index contributed by atoms with van der Waals surface area (Å²) in [5.41, 5.74) is 2.01. The molecule has 0 atom stereocenters. The van der Waals surface area contributed by atoms with Crippen molar-refractivity contribution < 1.29 is 19.0 Å². The van der Waals surface area contributed by atoms with Gasteiger partial charge in [0, 0.05) is 0 Å². The van der Waals surface area contributed by atoms with E-state index in [1.807, 2.05) is 26.0 Å². The Morgan fingerprint density at radius 2 is 1.67 bits per heavy atom. The highest BCUT2D eigenvalue weighted by Gasteiger charge is 2.32. The van der Waals surface area contributed by atoms with Crippen LogP contribution in [-0.2, 0) is 16.1 Å². The molecular weight excluding hydrogens is 422 g/mol. The second-order valence-corrected chi connectivity index (χ2v) is 8.42. The smallest absolute Gasteiger partial charge is 0.351 e. The number of hydrogen-bond donors (Lipinski definition) is 0. The second-order valence-electron chi connectivity index (χ2n) is 8.42. The molecule has 3 aromatic rings. The maximum Gasteiger partial charge on any atom is 0.351 e. The van der Waals surface area contributed by atoms with Crippen LogP contribution in [0.5, 0.6) is 11.5 Å². The van der Waals surface area contributed by atoms with Crippen molar-refractivity contribution in [3.63, 3.8) is 0 Å². The first-order valence-corrected chi connectivity index (χ1v) is 10.8. The maximum atomic E-state index is 13.1. The SMILES string of the molecule is CCOC(=O)C(C)(C)Oc1c(C)cc(Cn2c(C)nn(-c3ccc(OC)cc3)c2=O)cc1C. The van der Waals surface area contributed by atoms with Crippen LogP contribution in [0.3, 0.4) is 0 Å². The van der Waals surface area contributed by atoms with Crippen molar-refractivity contribution in [1.82, 2.24) is 14.3 Å². The Bertz CT molecular complexity index is 1180. The quantitative estimate of drug-likeness (QED) is 0.483. The van der Waals surface area contributed by atoms with Gasteiger partial charge in [-0.1, -0.05) is 12.1 Å². The van der Waals surface area contributed by atoms with E-state index in [1.165, 1.54) is 4.68 Å². The number of hydrogen-bond acceptors (Lipinski definition) is 6. The summed E-state index contributed by atoms with van der Waals surface area (Å²) in [5, 5.41) is 4.43. The lowest BCUT2D eigenvalue weighted by Crippen LogP contribution is -2.40. The molecule has 0 saturated carbocycles. The van der Waals surface area contributed by atoms with E-state index in [0.717, 1.165) is 16.7 Å². The molecule has 0 fully saturated rings. The van der Waals surface area contributed by atoms with Gasteiger partial charge in [0.25, 0.3) is 0 Å². The predicted octanol–water partition coefficient (Wildman–Crippen LogP) is 3.74. The number of aryl methyl sites for hydroxylation is 3. The second kappa shape index (κ2) is 9.52. The van der Waals surface area contributed by atoms with Gasteiger partial charge >= 0.3 is 11.7 Å². The largest absolute Gasteiger partial charge is 0.497 e. The van der Waals surface area contributed by atoms with E-state index in [0.29, 0.717) is 36.2 Å². The topological polar surface area (TPSA) is 84.6 Å². The van der Waals surface area contributed by atoms with Crippen LogP contribution in [0.15, 0.2) is 41.2 Å². The highest BCUT2D eigenvalue weighted by atomic mass is 16.6. The third-order valence-electron chi connectivity index (χ3n) is 5.35. The summed E-state index contributed by atoms with van der Waals surface area (Å²) in [6.45, 7) is 11.4. The molecule has 3 rings (SSSR count). The molecule has 0 N–H and O–H groups in total. The van der Waals surface area contributed by atoms with Crippen molar-refractivity contribution in [2.24, 2.45) is 0 Å². The van der Waals surface area contributed by atoms with Crippen molar-refractivity contribution in [3.05, 3.63) is 69.4 Å². The summed E-state index contributed by atoms with van der Waals surface area (Å²) in [4.78, 5) is 25.3. The Morgan fingerprint density at radius 1 is 1.06 bits per heavy atom. The summed E-state index contributed by atoms with van der Waals surface area (Å²) in [6.07, 6.45) is 0. The number of esters is 1. The molecule has 0 aliphatic rings. The molecule has 1 heterocycles. The first-order chi connectivity index (χ1) is 15.6. The van der Waals surface area contributed by atoms with Crippen molar-refractivity contribution in [2.45, 2.75) is 53.7 Å². The zero-order valence-corrected chi connectivity index (χ0v) is 20.3. The number of aromatic nitrogens is 3. The van der Waals surface area contributed by atoms with Crippen LogP contribution in [0.1, 0.15) is 43.3 Å². The molecule has 0 radical (unpaired) electrons. The molecule has 0 aliphatic heterocycles. The standard InChI is InChI=1S/C25H31N3O5/c1-8-32-23(29)25(5,6)33-22-16(2)13-19(14-17(22)3)15-27-18(4)26-28(24(27)30)20-9-11-21(31-7)12-10-20/h9-14H,8,15H2,1-7H3. The number of nitrogens with zero attached hydrogens (tertiary/aromatic N) is 3. The first kappa shape index (κ1) is 24.1. The Morgan fingerprint density at radius 3 is 2.21 bits per heavy atom. The molecule has 8 heteroatoms. The average molecular weight is 454 g/mol. The molecule has 0 aliphatic carbocycles. The monoisotopic (exact) mass is 453 g/mol.